The quantitative estimate of drug-likeness (QED) is 0.638. The van der Waals surface area contributed by atoms with Crippen LogP contribution < -0.4 is 5.32 Å². The molecule has 2 aliphatic carbocycles. The summed E-state index contributed by atoms with van der Waals surface area (Å²) in [5.41, 5.74) is 4.10. The fourth-order valence-corrected chi connectivity index (χ4v) is 5.96. The van der Waals surface area contributed by atoms with Crippen molar-refractivity contribution in [2.45, 2.75) is 62.9 Å². The molecule has 2 unspecified atom stereocenters. The van der Waals surface area contributed by atoms with E-state index in [2.05, 4.69) is 29.6 Å². The molecule has 2 fully saturated rings. The van der Waals surface area contributed by atoms with Crippen LogP contribution in [-0.2, 0) is 14.3 Å². The fourth-order valence-electron chi connectivity index (χ4n) is 5.96. The molecule has 35 heavy (non-hydrogen) atoms. The van der Waals surface area contributed by atoms with Crippen molar-refractivity contribution < 1.29 is 24.2 Å². The zero-order valence-corrected chi connectivity index (χ0v) is 20.0. The Morgan fingerprint density at radius 2 is 1.69 bits per heavy atom. The summed E-state index contributed by atoms with van der Waals surface area (Å²) in [6, 6.07) is 16.3. The van der Waals surface area contributed by atoms with Gasteiger partial charge in [-0.2, -0.15) is 0 Å². The molecule has 2 amide bonds. The maximum absolute atomic E-state index is 13.1. The minimum atomic E-state index is -0.795. The van der Waals surface area contributed by atoms with Crippen molar-refractivity contribution in [1.82, 2.24) is 10.2 Å². The first-order valence-electron chi connectivity index (χ1n) is 12.5. The molecule has 184 valence electrons. The van der Waals surface area contributed by atoms with Crippen molar-refractivity contribution in [1.29, 1.82) is 0 Å². The second-order valence-electron chi connectivity index (χ2n) is 10.3. The summed E-state index contributed by atoms with van der Waals surface area (Å²) in [5, 5.41) is 12.3. The Hall–Kier alpha value is -3.35. The zero-order chi connectivity index (χ0) is 24.6. The minimum absolute atomic E-state index is 0.0106. The normalized spacial score (nSPS) is 22.5. The Kier molecular flexibility index (Phi) is 6.26. The predicted octanol–water partition coefficient (Wildman–Crippen LogP) is 4.55. The molecule has 1 aliphatic heterocycles. The molecule has 2 atom stereocenters. The van der Waals surface area contributed by atoms with Gasteiger partial charge in [-0.15, -0.1) is 0 Å². The number of nitrogens with one attached hydrogen (secondary N) is 1. The van der Waals surface area contributed by atoms with Gasteiger partial charge in [-0.05, 0) is 61.3 Å². The number of ether oxygens (including phenoxy) is 1. The first-order valence-corrected chi connectivity index (χ1v) is 12.5. The first kappa shape index (κ1) is 23.4. The molecular formula is C28H32N2O5. The molecule has 0 spiro atoms. The number of piperidine rings is 1. The lowest BCUT2D eigenvalue weighted by Gasteiger charge is -2.44. The van der Waals surface area contributed by atoms with Crippen LogP contribution in [0, 0.1) is 5.92 Å². The summed E-state index contributed by atoms with van der Waals surface area (Å²) >= 11 is 0. The molecular weight excluding hydrogens is 444 g/mol. The molecule has 1 saturated carbocycles. The van der Waals surface area contributed by atoms with E-state index in [0.717, 1.165) is 30.4 Å². The number of carboxylic acids is 1. The number of rotatable bonds is 6. The Morgan fingerprint density at radius 3 is 2.23 bits per heavy atom. The van der Waals surface area contributed by atoms with Crippen LogP contribution in [0.15, 0.2) is 48.5 Å². The maximum atomic E-state index is 13.1. The molecule has 5 rings (SSSR count). The third-order valence-electron chi connectivity index (χ3n) is 8.06. The molecule has 1 heterocycles. The van der Waals surface area contributed by atoms with Gasteiger partial charge in [0.05, 0.1) is 17.9 Å². The van der Waals surface area contributed by atoms with Gasteiger partial charge >= 0.3 is 12.1 Å². The van der Waals surface area contributed by atoms with Crippen LogP contribution >= 0.6 is 0 Å². The molecule has 0 aromatic heterocycles. The van der Waals surface area contributed by atoms with Gasteiger partial charge in [0, 0.05) is 18.5 Å². The SMILES string of the molecule is CC1CC(C(=O)O)CCN1C(=O)CC1(NC(=O)OCC2c3ccccc3-c3ccccc32)CCC1. The molecule has 7 nitrogen and oxygen atoms in total. The highest BCUT2D eigenvalue weighted by atomic mass is 16.5. The highest BCUT2D eigenvalue weighted by Gasteiger charge is 2.43. The van der Waals surface area contributed by atoms with Crippen LogP contribution in [0.1, 0.15) is 62.5 Å². The highest BCUT2D eigenvalue weighted by molar-refractivity contribution is 5.81. The van der Waals surface area contributed by atoms with Crippen molar-refractivity contribution in [2.24, 2.45) is 5.92 Å². The van der Waals surface area contributed by atoms with Crippen LogP contribution in [0.3, 0.4) is 0 Å². The Balaban J connectivity index is 1.20. The van der Waals surface area contributed by atoms with Crippen molar-refractivity contribution in [3.8, 4) is 11.1 Å². The van der Waals surface area contributed by atoms with Crippen molar-refractivity contribution in [3.05, 3.63) is 59.7 Å². The predicted molar refractivity (Wildman–Crippen MR) is 131 cm³/mol. The summed E-state index contributed by atoms with van der Waals surface area (Å²) in [7, 11) is 0. The molecule has 3 aliphatic rings. The average molecular weight is 477 g/mol. The molecule has 2 aromatic rings. The largest absolute Gasteiger partial charge is 0.481 e. The Bertz CT molecular complexity index is 1100. The molecule has 0 bridgehead atoms. The second kappa shape index (κ2) is 9.36. The van der Waals surface area contributed by atoms with Gasteiger partial charge in [0.15, 0.2) is 0 Å². The summed E-state index contributed by atoms with van der Waals surface area (Å²) in [6.07, 6.45) is 3.10. The number of alkyl carbamates (subject to hydrolysis) is 1. The Labute approximate surface area is 205 Å². The smallest absolute Gasteiger partial charge is 0.407 e. The number of fused-ring (bicyclic) bond motifs is 3. The van der Waals surface area contributed by atoms with E-state index in [-0.39, 0.29) is 30.9 Å². The summed E-state index contributed by atoms with van der Waals surface area (Å²) in [4.78, 5) is 39.0. The number of hydrogen-bond acceptors (Lipinski definition) is 4. The number of amides is 2. The van der Waals surface area contributed by atoms with Crippen LogP contribution in [0.5, 0.6) is 0 Å². The number of carbonyl (C=O) groups excluding carboxylic acids is 2. The topological polar surface area (TPSA) is 95.9 Å². The van der Waals surface area contributed by atoms with Gasteiger partial charge in [-0.25, -0.2) is 4.79 Å². The fraction of sp³-hybridized carbons (Fsp3) is 0.464. The van der Waals surface area contributed by atoms with Crippen molar-refractivity contribution in [2.75, 3.05) is 13.2 Å². The van der Waals surface area contributed by atoms with E-state index in [1.165, 1.54) is 11.1 Å². The van der Waals surface area contributed by atoms with E-state index >= 15 is 0 Å². The maximum Gasteiger partial charge on any atom is 0.407 e. The number of carbonyl (C=O) groups is 3. The summed E-state index contributed by atoms with van der Waals surface area (Å²) in [6.45, 7) is 2.58. The van der Waals surface area contributed by atoms with E-state index < -0.39 is 23.5 Å². The lowest BCUT2D eigenvalue weighted by atomic mass is 9.74. The van der Waals surface area contributed by atoms with Crippen LogP contribution in [-0.4, -0.2) is 52.7 Å². The van der Waals surface area contributed by atoms with Crippen molar-refractivity contribution in [3.63, 3.8) is 0 Å². The van der Waals surface area contributed by atoms with Crippen LogP contribution in [0.25, 0.3) is 11.1 Å². The minimum Gasteiger partial charge on any atom is -0.481 e. The number of nitrogens with zero attached hydrogens (tertiary/aromatic N) is 1. The molecule has 0 radical (unpaired) electrons. The van der Waals surface area contributed by atoms with Gasteiger partial charge in [-0.1, -0.05) is 48.5 Å². The van der Waals surface area contributed by atoms with Crippen LogP contribution in [0.4, 0.5) is 4.79 Å². The molecule has 2 N–H and O–H groups in total. The third kappa shape index (κ3) is 4.51. The van der Waals surface area contributed by atoms with Crippen molar-refractivity contribution >= 4 is 18.0 Å². The number of hydrogen-bond donors (Lipinski definition) is 2. The monoisotopic (exact) mass is 476 g/mol. The Morgan fingerprint density at radius 1 is 1.06 bits per heavy atom. The van der Waals surface area contributed by atoms with Crippen LogP contribution in [0.2, 0.25) is 0 Å². The van der Waals surface area contributed by atoms with E-state index in [9.17, 15) is 19.5 Å². The molecule has 7 heteroatoms. The van der Waals surface area contributed by atoms with Gasteiger partial charge in [0.25, 0.3) is 0 Å². The van der Waals surface area contributed by atoms with E-state index in [1.807, 2.05) is 31.2 Å². The van der Waals surface area contributed by atoms with Gasteiger partial charge in [-0.3, -0.25) is 9.59 Å². The molecule has 2 aromatic carbocycles. The molecule has 1 saturated heterocycles. The number of aliphatic carboxylic acids is 1. The summed E-state index contributed by atoms with van der Waals surface area (Å²) < 4.78 is 5.72. The first-order chi connectivity index (χ1) is 16.9. The summed E-state index contributed by atoms with van der Waals surface area (Å²) in [5.74, 6) is -1.23. The average Bonchev–Trinajstić information content (AvgIpc) is 3.15. The zero-order valence-electron chi connectivity index (χ0n) is 20.0. The number of benzene rings is 2. The van der Waals surface area contributed by atoms with E-state index in [0.29, 0.717) is 19.4 Å². The lowest BCUT2D eigenvalue weighted by molar-refractivity contribution is -0.148. The van der Waals surface area contributed by atoms with E-state index in [4.69, 9.17) is 4.74 Å². The van der Waals surface area contributed by atoms with E-state index in [1.54, 1.807) is 4.90 Å². The van der Waals surface area contributed by atoms with Gasteiger partial charge in [0.1, 0.15) is 6.61 Å². The van der Waals surface area contributed by atoms with Gasteiger partial charge < -0.3 is 20.1 Å². The number of likely N-dealkylation sites (tertiary alicyclic amines) is 1. The van der Waals surface area contributed by atoms with Gasteiger partial charge in [0.2, 0.25) is 5.91 Å². The standard InChI is InChI=1S/C28H32N2O5/c1-18-15-19(26(32)33)11-14-30(18)25(31)16-28(12-6-13-28)29-27(34)35-17-24-22-9-4-2-7-20(22)21-8-3-5-10-23(21)24/h2-5,7-10,18-19,24H,6,11-17H2,1H3,(H,29,34)(H,32,33). The highest BCUT2D eigenvalue weighted by Crippen LogP contribution is 2.44. The lowest BCUT2D eigenvalue weighted by Crippen LogP contribution is -2.57. The second-order valence-corrected chi connectivity index (χ2v) is 10.3. The third-order valence-corrected chi connectivity index (χ3v) is 8.06. The number of carboxylic acid groups (broad SMARTS) is 1.